The minimum atomic E-state index is -0.437. The molecule has 1 aromatic carbocycles. The molecule has 2 N–H and O–H groups in total. The van der Waals surface area contributed by atoms with E-state index < -0.39 is 4.92 Å². The molecule has 0 atom stereocenters. The van der Waals surface area contributed by atoms with Gasteiger partial charge in [-0.15, -0.1) is 0 Å². The lowest BCUT2D eigenvalue weighted by atomic mass is 10.2. The van der Waals surface area contributed by atoms with Crippen molar-refractivity contribution in [3.05, 3.63) is 39.9 Å². The van der Waals surface area contributed by atoms with Crippen LogP contribution in [0.25, 0.3) is 0 Å². The largest absolute Gasteiger partial charge is 0.354 e. The predicted molar refractivity (Wildman–Crippen MR) is 89.2 cm³/mol. The number of amides is 1. The number of nitrogens with one attached hydrogen (secondary N) is 2. The smallest absolute Gasteiger partial charge is 0.269 e. The van der Waals surface area contributed by atoms with Crippen molar-refractivity contribution in [2.45, 2.75) is 26.4 Å². The van der Waals surface area contributed by atoms with Crippen molar-refractivity contribution < 1.29 is 9.72 Å². The Kier molecular flexibility index (Phi) is 6.98. The molecule has 0 aliphatic rings. The van der Waals surface area contributed by atoms with E-state index in [2.05, 4.69) is 15.6 Å². The first-order chi connectivity index (χ1) is 10.8. The quantitative estimate of drug-likeness (QED) is 0.354. The van der Waals surface area contributed by atoms with E-state index >= 15 is 0 Å². The van der Waals surface area contributed by atoms with Crippen LogP contribution in [-0.4, -0.2) is 48.4 Å². The summed E-state index contributed by atoms with van der Waals surface area (Å²) >= 11 is 0. The molecule has 23 heavy (non-hydrogen) atoms. The number of carbonyl (C=O) groups excluding carboxylic acids is 1. The summed E-state index contributed by atoms with van der Waals surface area (Å²) in [4.78, 5) is 27.7. The fourth-order valence-corrected chi connectivity index (χ4v) is 1.64. The summed E-state index contributed by atoms with van der Waals surface area (Å²) in [5, 5.41) is 16.7. The Morgan fingerprint density at radius 1 is 1.30 bits per heavy atom. The van der Waals surface area contributed by atoms with Crippen molar-refractivity contribution in [2.24, 2.45) is 4.99 Å². The van der Waals surface area contributed by atoms with Gasteiger partial charge < -0.3 is 15.5 Å². The maximum atomic E-state index is 11.6. The number of hydrogen-bond acceptors (Lipinski definition) is 4. The van der Waals surface area contributed by atoms with Gasteiger partial charge >= 0.3 is 0 Å². The zero-order valence-corrected chi connectivity index (χ0v) is 13.9. The van der Waals surface area contributed by atoms with Crippen molar-refractivity contribution in [2.75, 3.05) is 20.6 Å². The van der Waals surface area contributed by atoms with Gasteiger partial charge in [-0.05, 0) is 19.4 Å². The molecule has 1 aromatic rings. The van der Waals surface area contributed by atoms with Gasteiger partial charge in [-0.2, -0.15) is 0 Å². The van der Waals surface area contributed by atoms with E-state index in [0.717, 1.165) is 5.56 Å². The highest BCUT2D eigenvalue weighted by atomic mass is 16.6. The number of rotatable bonds is 6. The Hall–Kier alpha value is -2.64. The lowest BCUT2D eigenvalue weighted by Gasteiger charge is -2.16. The summed E-state index contributed by atoms with van der Waals surface area (Å²) in [5.74, 6) is 0.465. The Morgan fingerprint density at radius 3 is 2.39 bits per heavy atom. The van der Waals surface area contributed by atoms with Crippen molar-refractivity contribution in [3.8, 4) is 0 Å². The van der Waals surface area contributed by atoms with E-state index in [-0.39, 0.29) is 24.2 Å². The SMILES string of the molecule is CC(C)NC(=NCc1ccc([N+](=O)[O-])cc1)NCC(=O)N(C)C. The molecule has 1 amide bonds. The van der Waals surface area contributed by atoms with Gasteiger partial charge in [0.15, 0.2) is 5.96 Å². The van der Waals surface area contributed by atoms with Gasteiger partial charge in [-0.25, -0.2) is 4.99 Å². The third-order valence-corrected chi connectivity index (χ3v) is 2.90. The summed E-state index contributed by atoms with van der Waals surface area (Å²) in [6, 6.07) is 6.39. The van der Waals surface area contributed by atoms with E-state index in [1.54, 1.807) is 26.2 Å². The highest BCUT2D eigenvalue weighted by Crippen LogP contribution is 2.12. The Balaban J connectivity index is 2.71. The molecule has 8 nitrogen and oxygen atoms in total. The number of benzene rings is 1. The topological polar surface area (TPSA) is 99.9 Å². The molecule has 0 bridgehead atoms. The third-order valence-electron chi connectivity index (χ3n) is 2.90. The average Bonchev–Trinajstić information content (AvgIpc) is 2.49. The fourth-order valence-electron chi connectivity index (χ4n) is 1.64. The number of nitrogens with zero attached hydrogens (tertiary/aromatic N) is 3. The summed E-state index contributed by atoms with van der Waals surface area (Å²) in [5.41, 5.74) is 0.896. The molecular formula is C15H23N5O3. The first kappa shape index (κ1) is 18.4. The number of non-ortho nitro benzene ring substituents is 1. The zero-order valence-electron chi connectivity index (χ0n) is 13.9. The van der Waals surface area contributed by atoms with Crippen LogP contribution < -0.4 is 10.6 Å². The second-order valence-electron chi connectivity index (χ2n) is 5.53. The number of aliphatic imine (C=N–C) groups is 1. The molecule has 0 unspecified atom stereocenters. The van der Waals surface area contributed by atoms with Crippen LogP contribution in [0.4, 0.5) is 5.69 Å². The van der Waals surface area contributed by atoms with E-state index in [0.29, 0.717) is 12.5 Å². The number of nitro benzene ring substituents is 1. The normalized spacial score (nSPS) is 11.3. The minimum absolute atomic E-state index is 0.0490. The molecule has 0 saturated heterocycles. The molecule has 0 aromatic heterocycles. The van der Waals surface area contributed by atoms with E-state index in [9.17, 15) is 14.9 Å². The van der Waals surface area contributed by atoms with Crippen molar-refractivity contribution in [1.82, 2.24) is 15.5 Å². The number of carbonyl (C=O) groups is 1. The predicted octanol–water partition coefficient (Wildman–Crippen LogP) is 1.13. The summed E-state index contributed by atoms with van der Waals surface area (Å²) in [6.45, 7) is 4.44. The molecular weight excluding hydrogens is 298 g/mol. The maximum absolute atomic E-state index is 11.6. The zero-order chi connectivity index (χ0) is 17.4. The van der Waals surface area contributed by atoms with Crippen LogP contribution in [0.15, 0.2) is 29.3 Å². The van der Waals surface area contributed by atoms with Gasteiger partial charge in [0.05, 0.1) is 18.0 Å². The molecule has 0 spiro atoms. The highest BCUT2D eigenvalue weighted by molar-refractivity contribution is 5.86. The molecule has 0 fully saturated rings. The van der Waals surface area contributed by atoms with E-state index in [4.69, 9.17) is 0 Å². The minimum Gasteiger partial charge on any atom is -0.354 e. The molecule has 0 heterocycles. The number of guanidine groups is 1. The molecule has 1 rings (SSSR count). The summed E-state index contributed by atoms with van der Waals surface area (Å²) in [7, 11) is 3.38. The van der Waals surface area contributed by atoms with Gasteiger partial charge in [-0.3, -0.25) is 14.9 Å². The van der Waals surface area contributed by atoms with E-state index in [1.807, 2.05) is 13.8 Å². The lowest BCUT2D eigenvalue weighted by Crippen LogP contribution is -2.45. The molecule has 0 aliphatic carbocycles. The molecule has 0 saturated carbocycles. The van der Waals surface area contributed by atoms with Crippen molar-refractivity contribution >= 4 is 17.6 Å². The first-order valence-corrected chi connectivity index (χ1v) is 7.28. The summed E-state index contributed by atoms with van der Waals surface area (Å²) < 4.78 is 0. The van der Waals surface area contributed by atoms with Crippen molar-refractivity contribution in [1.29, 1.82) is 0 Å². The van der Waals surface area contributed by atoms with Crippen molar-refractivity contribution in [3.63, 3.8) is 0 Å². The Bertz CT molecular complexity index is 567. The Labute approximate surface area is 135 Å². The maximum Gasteiger partial charge on any atom is 0.269 e. The molecule has 0 radical (unpaired) electrons. The fraction of sp³-hybridized carbons (Fsp3) is 0.467. The molecule has 126 valence electrons. The van der Waals surface area contributed by atoms with Crippen LogP contribution in [0.5, 0.6) is 0 Å². The standard InChI is InChI=1S/C15H23N5O3/c1-11(2)18-15(17-10-14(21)19(3)4)16-9-12-5-7-13(8-6-12)20(22)23/h5-8,11H,9-10H2,1-4H3,(H2,16,17,18). The highest BCUT2D eigenvalue weighted by Gasteiger charge is 2.07. The van der Waals surface area contributed by atoms with Crippen LogP contribution >= 0.6 is 0 Å². The van der Waals surface area contributed by atoms with Gasteiger partial charge in [0.2, 0.25) is 5.91 Å². The average molecular weight is 321 g/mol. The summed E-state index contributed by atoms with van der Waals surface area (Å²) in [6.07, 6.45) is 0. The monoisotopic (exact) mass is 321 g/mol. The first-order valence-electron chi connectivity index (χ1n) is 7.28. The van der Waals surface area contributed by atoms with Gasteiger partial charge in [0.25, 0.3) is 5.69 Å². The van der Waals surface area contributed by atoms with Gasteiger partial charge in [0.1, 0.15) is 0 Å². The molecule has 0 aliphatic heterocycles. The molecule has 8 heteroatoms. The lowest BCUT2D eigenvalue weighted by molar-refractivity contribution is -0.384. The van der Waals surface area contributed by atoms with Crippen LogP contribution in [0.3, 0.4) is 0 Å². The third kappa shape index (κ3) is 6.77. The van der Waals surface area contributed by atoms with Gasteiger partial charge in [0, 0.05) is 32.3 Å². The number of likely N-dealkylation sites (N-methyl/N-ethyl adjacent to an activating group) is 1. The van der Waals surface area contributed by atoms with Gasteiger partial charge in [-0.1, -0.05) is 12.1 Å². The second-order valence-corrected chi connectivity index (χ2v) is 5.53. The van der Waals surface area contributed by atoms with Crippen LogP contribution in [-0.2, 0) is 11.3 Å². The number of nitro groups is 1. The second kappa shape index (κ2) is 8.72. The number of hydrogen-bond donors (Lipinski definition) is 2. The Morgan fingerprint density at radius 2 is 1.91 bits per heavy atom. The van der Waals surface area contributed by atoms with Crippen LogP contribution in [0.2, 0.25) is 0 Å². The van der Waals surface area contributed by atoms with Crippen LogP contribution in [0, 0.1) is 10.1 Å². The van der Waals surface area contributed by atoms with E-state index in [1.165, 1.54) is 17.0 Å². The van der Waals surface area contributed by atoms with Crippen LogP contribution in [0.1, 0.15) is 19.4 Å².